The van der Waals surface area contributed by atoms with E-state index in [1.165, 1.54) is 9.10 Å². The largest absolute Gasteiger partial charge is 0.378 e. The summed E-state index contributed by atoms with van der Waals surface area (Å²) in [6.45, 7) is 0.460. The molecule has 1 aromatic heterocycles. The number of hydrogen-bond donors (Lipinski definition) is 0. The predicted octanol–water partition coefficient (Wildman–Crippen LogP) is 1.87. The third kappa shape index (κ3) is 4.93. The molecule has 0 saturated heterocycles. The van der Waals surface area contributed by atoms with Gasteiger partial charge in [-0.2, -0.15) is 4.80 Å². The van der Waals surface area contributed by atoms with Crippen molar-refractivity contribution in [2.75, 3.05) is 31.8 Å². The van der Waals surface area contributed by atoms with E-state index in [1.807, 2.05) is 73.6 Å². The lowest BCUT2D eigenvalue weighted by molar-refractivity contribution is 0.456. The number of anilines is 1. The minimum atomic E-state index is -3.44. The van der Waals surface area contributed by atoms with Gasteiger partial charge in [0.1, 0.15) is 0 Å². The molecule has 0 saturated carbocycles. The molecule has 0 unspecified atom stereocenters. The lowest BCUT2D eigenvalue weighted by Gasteiger charge is -2.18. The first-order valence-electron chi connectivity index (χ1n) is 8.89. The van der Waals surface area contributed by atoms with Crippen molar-refractivity contribution in [2.24, 2.45) is 0 Å². The Morgan fingerprint density at radius 1 is 0.964 bits per heavy atom. The number of nitrogens with zero attached hydrogens (tertiary/aromatic N) is 6. The molecule has 0 amide bonds. The Morgan fingerprint density at radius 3 is 2.29 bits per heavy atom. The van der Waals surface area contributed by atoms with Crippen LogP contribution >= 0.6 is 0 Å². The van der Waals surface area contributed by atoms with Crippen LogP contribution in [-0.2, 0) is 23.1 Å². The quantitative estimate of drug-likeness (QED) is 0.574. The first-order valence-corrected chi connectivity index (χ1v) is 10.5. The van der Waals surface area contributed by atoms with Crippen LogP contribution in [0.5, 0.6) is 0 Å². The Labute approximate surface area is 165 Å². The zero-order chi connectivity index (χ0) is 20.1. The van der Waals surface area contributed by atoms with Crippen molar-refractivity contribution in [1.29, 1.82) is 0 Å². The molecule has 0 spiro atoms. The van der Waals surface area contributed by atoms with Crippen LogP contribution in [0, 0.1) is 0 Å². The molecule has 2 aromatic carbocycles. The van der Waals surface area contributed by atoms with Gasteiger partial charge in [-0.15, -0.1) is 10.2 Å². The van der Waals surface area contributed by atoms with Crippen molar-refractivity contribution < 1.29 is 8.42 Å². The van der Waals surface area contributed by atoms with E-state index in [-0.39, 0.29) is 12.3 Å². The van der Waals surface area contributed by atoms with Crippen molar-refractivity contribution in [3.8, 4) is 11.4 Å². The molecular weight excluding hydrogens is 376 g/mol. The van der Waals surface area contributed by atoms with Gasteiger partial charge in [0.15, 0.2) is 0 Å². The van der Waals surface area contributed by atoms with E-state index < -0.39 is 10.0 Å². The molecule has 0 aliphatic heterocycles. The fraction of sp³-hybridized carbons (Fsp3) is 0.316. The Bertz CT molecular complexity index is 1000. The minimum absolute atomic E-state index is 0.0934. The van der Waals surface area contributed by atoms with Crippen molar-refractivity contribution in [1.82, 2.24) is 24.5 Å². The molecule has 0 atom stereocenters. The predicted molar refractivity (Wildman–Crippen MR) is 109 cm³/mol. The van der Waals surface area contributed by atoms with Gasteiger partial charge in [0.05, 0.1) is 12.3 Å². The summed E-state index contributed by atoms with van der Waals surface area (Å²) in [5.41, 5.74) is 2.84. The molecular formula is C19H24N6O2S. The maximum absolute atomic E-state index is 12.6. The van der Waals surface area contributed by atoms with Crippen LogP contribution in [0.1, 0.15) is 5.56 Å². The topological polar surface area (TPSA) is 84.2 Å². The smallest absolute Gasteiger partial charge is 0.216 e. The van der Waals surface area contributed by atoms with Crippen molar-refractivity contribution in [2.45, 2.75) is 13.1 Å². The van der Waals surface area contributed by atoms with Crippen LogP contribution in [0.3, 0.4) is 0 Å². The maximum atomic E-state index is 12.6. The van der Waals surface area contributed by atoms with Crippen molar-refractivity contribution in [3.05, 3.63) is 60.2 Å². The lowest BCUT2D eigenvalue weighted by atomic mass is 10.2. The summed E-state index contributed by atoms with van der Waals surface area (Å²) >= 11 is 0. The Hall–Kier alpha value is -2.78. The van der Waals surface area contributed by atoms with Gasteiger partial charge in [0.2, 0.25) is 15.8 Å². The number of aryl methyl sites for hydroxylation is 1. The first-order chi connectivity index (χ1) is 13.3. The summed E-state index contributed by atoms with van der Waals surface area (Å²) in [7, 11) is 2.07. The summed E-state index contributed by atoms with van der Waals surface area (Å²) < 4.78 is 26.5. The van der Waals surface area contributed by atoms with Gasteiger partial charge < -0.3 is 4.90 Å². The summed E-state index contributed by atoms with van der Waals surface area (Å²) in [4.78, 5) is 3.32. The number of sulfonamides is 1. The molecule has 9 heteroatoms. The van der Waals surface area contributed by atoms with Gasteiger partial charge in [-0.25, -0.2) is 12.7 Å². The van der Waals surface area contributed by atoms with E-state index in [0.29, 0.717) is 12.4 Å². The first kappa shape index (κ1) is 20.0. The summed E-state index contributed by atoms with van der Waals surface area (Å²) in [5.74, 6) is 0.386. The third-order valence-corrected chi connectivity index (χ3v) is 6.14. The van der Waals surface area contributed by atoms with Crippen molar-refractivity contribution >= 4 is 15.7 Å². The van der Waals surface area contributed by atoms with Gasteiger partial charge in [-0.05, 0) is 22.9 Å². The fourth-order valence-corrected chi connectivity index (χ4v) is 3.70. The van der Waals surface area contributed by atoms with E-state index in [2.05, 4.69) is 15.4 Å². The number of rotatable bonds is 8. The molecule has 8 nitrogen and oxygen atoms in total. The second-order valence-electron chi connectivity index (χ2n) is 6.71. The molecule has 0 aliphatic rings. The number of benzene rings is 2. The zero-order valence-electron chi connectivity index (χ0n) is 16.2. The Balaban J connectivity index is 1.59. The average molecular weight is 401 g/mol. The Kier molecular flexibility index (Phi) is 6.05. The minimum Gasteiger partial charge on any atom is -0.378 e. The summed E-state index contributed by atoms with van der Waals surface area (Å²) in [6.07, 6.45) is 0. The molecule has 148 valence electrons. The van der Waals surface area contributed by atoms with Crippen LogP contribution in [0.4, 0.5) is 5.69 Å². The van der Waals surface area contributed by atoms with Gasteiger partial charge in [0, 0.05) is 38.9 Å². The normalized spacial score (nSPS) is 11.7. The number of tetrazole rings is 1. The molecule has 28 heavy (non-hydrogen) atoms. The summed E-state index contributed by atoms with van der Waals surface area (Å²) in [5, 5.41) is 12.2. The maximum Gasteiger partial charge on any atom is 0.216 e. The highest BCUT2D eigenvalue weighted by atomic mass is 32.2. The molecule has 1 heterocycles. The highest BCUT2D eigenvalue weighted by Gasteiger charge is 2.19. The second kappa shape index (κ2) is 8.49. The van der Waals surface area contributed by atoms with Crippen molar-refractivity contribution in [3.63, 3.8) is 0 Å². The number of hydrogen-bond acceptors (Lipinski definition) is 6. The zero-order valence-corrected chi connectivity index (χ0v) is 17.0. The molecule has 0 aliphatic carbocycles. The van der Waals surface area contributed by atoms with E-state index in [0.717, 1.165) is 16.8 Å². The van der Waals surface area contributed by atoms with E-state index in [9.17, 15) is 8.42 Å². The van der Waals surface area contributed by atoms with Gasteiger partial charge in [-0.3, -0.25) is 0 Å². The van der Waals surface area contributed by atoms with Gasteiger partial charge >= 0.3 is 0 Å². The highest BCUT2D eigenvalue weighted by Crippen LogP contribution is 2.15. The van der Waals surface area contributed by atoms with Crippen LogP contribution in [0.2, 0.25) is 0 Å². The van der Waals surface area contributed by atoms with Crippen LogP contribution in [0.25, 0.3) is 11.4 Å². The number of aromatic nitrogens is 4. The van der Waals surface area contributed by atoms with E-state index in [1.54, 1.807) is 7.05 Å². The lowest BCUT2D eigenvalue weighted by Crippen LogP contribution is -2.30. The van der Waals surface area contributed by atoms with E-state index in [4.69, 9.17) is 0 Å². The van der Waals surface area contributed by atoms with Gasteiger partial charge in [-0.1, -0.05) is 42.5 Å². The molecule has 0 N–H and O–H groups in total. The standard InChI is InChI=1S/C19H24N6O2S/c1-23(2)18-11-9-16(10-12-18)15-24(3)28(26,27)14-13-25-21-19(20-22-25)17-7-5-4-6-8-17/h4-12H,13-15H2,1-3H3. The average Bonchev–Trinajstić information content (AvgIpc) is 3.17. The third-order valence-electron chi connectivity index (χ3n) is 4.37. The van der Waals surface area contributed by atoms with Crippen LogP contribution < -0.4 is 4.90 Å². The summed E-state index contributed by atoms with van der Waals surface area (Å²) in [6, 6.07) is 17.3. The fourth-order valence-electron chi connectivity index (χ4n) is 2.65. The van der Waals surface area contributed by atoms with Crippen LogP contribution in [-0.4, -0.2) is 59.8 Å². The Morgan fingerprint density at radius 2 is 1.64 bits per heavy atom. The van der Waals surface area contributed by atoms with Gasteiger partial charge in [0.25, 0.3) is 0 Å². The molecule has 3 rings (SSSR count). The second-order valence-corrected chi connectivity index (χ2v) is 8.90. The molecule has 0 fully saturated rings. The van der Waals surface area contributed by atoms with Crippen LogP contribution in [0.15, 0.2) is 54.6 Å². The van der Waals surface area contributed by atoms with E-state index >= 15 is 0 Å². The highest BCUT2D eigenvalue weighted by molar-refractivity contribution is 7.89. The molecule has 0 bridgehead atoms. The monoisotopic (exact) mass is 400 g/mol. The molecule has 0 radical (unpaired) electrons. The SMILES string of the molecule is CN(C)c1ccc(CN(C)S(=O)(=O)CCn2nnc(-c3ccccc3)n2)cc1. The molecule has 3 aromatic rings.